The lowest BCUT2D eigenvalue weighted by Gasteiger charge is -2.33. The number of aromatic hydroxyl groups is 1. The second kappa shape index (κ2) is 46.5. The van der Waals surface area contributed by atoms with Gasteiger partial charge in [-0.1, -0.05) is 112 Å². The molecule has 0 spiro atoms. The summed E-state index contributed by atoms with van der Waals surface area (Å²) in [6.45, 7) is 8.70. The maximum atomic E-state index is 15.4. The number of hydrogen-bond donors (Lipinski definition) is 14. The molecule has 4 aromatic carbocycles. The quantitative estimate of drug-likeness (QED) is 0.0244. The van der Waals surface area contributed by atoms with Gasteiger partial charge in [-0.3, -0.25) is 72.3 Å². The van der Waals surface area contributed by atoms with Crippen LogP contribution in [0.25, 0.3) is 10.8 Å². The molecule has 8 rings (SSSR count). The molecule has 2 aliphatic rings. The molecule has 6 aromatic rings. The van der Waals surface area contributed by atoms with Crippen LogP contribution in [0.15, 0.2) is 140 Å². The van der Waals surface area contributed by atoms with Crippen LogP contribution in [0.1, 0.15) is 138 Å². The summed E-state index contributed by atoms with van der Waals surface area (Å²) in [4.78, 5) is 197. The van der Waals surface area contributed by atoms with Crippen LogP contribution in [-0.2, 0) is 88.0 Å². The number of ether oxygens (including phenoxy) is 1. The van der Waals surface area contributed by atoms with Crippen LogP contribution in [0, 0.1) is 5.92 Å². The van der Waals surface area contributed by atoms with E-state index in [9.17, 15) is 48.6 Å². The van der Waals surface area contributed by atoms with Gasteiger partial charge in [-0.05, 0) is 166 Å². The number of nitrogens with one attached hydrogen (secondary N) is 11. The molecule has 32 nitrogen and oxygen atoms in total. The van der Waals surface area contributed by atoms with Gasteiger partial charge in [0.25, 0.3) is 5.91 Å². The van der Waals surface area contributed by atoms with E-state index in [0.717, 1.165) is 15.7 Å². The first-order valence-electron chi connectivity index (χ1n) is 40.1. The van der Waals surface area contributed by atoms with Crippen LogP contribution in [0.4, 0.5) is 0 Å². The minimum Gasteiger partial charge on any atom is -0.508 e. The van der Waals surface area contributed by atoms with Crippen LogP contribution in [0.5, 0.6) is 5.75 Å². The Hall–Kier alpha value is -11.5. The number of rotatable bonds is 45. The molecule has 4 heterocycles. The van der Waals surface area contributed by atoms with Crippen LogP contribution >= 0.6 is 11.6 Å². The first-order chi connectivity index (χ1) is 56.5. The summed E-state index contributed by atoms with van der Waals surface area (Å²) >= 11 is 6.31. The molecule has 0 aliphatic carbocycles. The zero-order valence-electron chi connectivity index (χ0n) is 67.5. The van der Waals surface area contributed by atoms with Crippen molar-refractivity contribution in [3.8, 4) is 5.75 Å². The predicted molar refractivity (Wildman–Crippen MR) is 440 cm³/mol. The fourth-order valence-corrected chi connectivity index (χ4v) is 14.0. The molecule has 118 heavy (non-hydrogen) atoms. The Labute approximate surface area is 691 Å². The summed E-state index contributed by atoms with van der Waals surface area (Å²) in [5.41, 5.74) is 7.70. The summed E-state index contributed by atoms with van der Waals surface area (Å²) in [7, 11) is 1.23. The van der Waals surface area contributed by atoms with Gasteiger partial charge in [0, 0.05) is 88.3 Å². The molecule has 0 radical (unpaired) electrons. The van der Waals surface area contributed by atoms with Crippen molar-refractivity contribution in [3.05, 3.63) is 173 Å². The first kappa shape index (κ1) is 92.0. The normalized spacial score (nSPS) is 16.1. The van der Waals surface area contributed by atoms with E-state index in [4.69, 9.17) is 22.1 Å². The highest BCUT2D eigenvalue weighted by atomic mass is 35.5. The second-order valence-corrected chi connectivity index (χ2v) is 31.0. The van der Waals surface area contributed by atoms with E-state index >= 15 is 24.0 Å². The lowest BCUT2D eigenvalue weighted by molar-refractivity contribution is -0.144. The van der Waals surface area contributed by atoms with Crippen molar-refractivity contribution in [1.82, 2.24) is 78.3 Å². The van der Waals surface area contributed by atoms with E-state index in [1.54, 1.807) is 54.6 Å². The number of unbranched alkanes of at least 4 members (excludes halogenated alkanes) is 2. The largest absolute Gasteiger partial charge is 0.508 e. The van der Waals surface area contributed by atoms with Gasteiger partial charge in [0.05, 0.1) is 18.7 Å². The Morgan fingerprint density at radius 1 is 0.559 bits per heavy atom. The van der Waals surface area contributed by atoms with Crippen LogP contribution < -0.4 is 64.2 Å². The first-order valence-corrected chi connectivity index (χ1v) is 40.5. The fourth-order valence-electron chi connectivity index (χ4n) is 13.9. The Kier molecular flexibility index (Phi) is 36.2. The summed E-state index contributed by atoms with van der Waals surface area (Å²) in [5.74, 6) is -10.3. The van der Waals surface area contributed by atoms with Crippen molar-refractivity contribution < 1.29 is 77.3 Å². The molecule has 2 fully saturated rings. The minimum atomic E-state index is -1.86. The second-order valence-electron chi connectivity index (χ2n) is 30.6. The molecule has 2 aromatic heterocycles. The highest BCUT2D eigenvalue weighted by Gasteiger charge is 2.41. The van der Waals surface area contributed by atoms with E-state index in [1.165, 1.54) is 67.9 Å². The van der Waals surface area contributed by atoms with E-state index < -0.39 is 156 Å². The molecule has 15 N–H and O–H groups in total. The minimum absolute atomic E-state index is 0.0236. The number of nitrogens with two attached hydrogens (primary N) is 1. The number of nitrogens with zero attached hydrogens (tertiary/aromatic N) is 4. The lowest BCUT2D eigenvalue weighted by Crippen LogP contribution is -2.62. The molecular formula is C85H111ClN16O16. The smallest absolute Gasteiger partial charge is 0.252 e. The number of aliphatic hydroxyl groups excluding tert-OH is 1. The molecule has 0 unspecified atom stereocenters. The number of hydrogen-bond acceptors (Lipinski definition) is 19. The van der Waals surface area contributed by atoms with Crippen LogP contribution in [0.3, 0.4) is 0 Å². The zero-order chi connectivity index (χ0) is 85.4. The average Bonchev–Trinajstić information content (AvgIpc) is 1.44. The number of likely N-dealkylation sites (N-methyl/N-ethyl adjacent to an activating group) is 1. The maximum absolute atomic E-state index is 15.4. The maximum Gasteiger partial charge on any atom is 0.252 e. The number of aliphatic hydroxyl groups is 1. The van der Waals surface area contributed by atoms with Gasteiger partial charge in [-0.2, -0.15) is 0 Å². The van der Waals surface area contributed by atoms with Crippen molar-refractivity contribution in [1.29, 1.82) is 0 Å². The molecule has 634 valence electrons. The van der Waals surface area contributed by atoms with E-state index in [2.05, 4.69) is 68.5 Å². The van der Waals surface area contributed by atoms with Crippen LogP contribution in [0.2, 0.25) is 5.02 Å². The highest BCUT2D eigenvalue weighted by molar-refractivity contribution is 6.30. The summed E-state index contributed by atoms with van der Waals surface area (Å²) in [6.07, 6.45) is 7.59. The Balaban J connectivity index is 1.06. The van der Waals surface area contributed by atoms with Crippen molar-refractivity contribution in [2.24, 2.45) is 11.7 Å². The third kappa shape index (κ3) is 29.0. The van der Waals surface area contributed by atoms with Gasteiger partial charge in [0.1, 0.15) is 72.3 Å². The molecule has 0 saturated carbocycles. The number of primary amides is 1. The number of phenolic OH excluding ortho intramolecular Hbond substituents is 1. The van der Waals surface area contributed by atoms with Gasteiger partial charge >= 0.3 is 0 Å². The number of fused-ring (bicyclic) bond motifs is 1. The standard InChI is InChI=1S/C85H111ClN16O16/c1-51(2)41-65(77(109)96-64(22-10-11-37-90-52(3)4)85(117)102-39-15-23-70(102)81(113)93-53(5)74(87)106)97-76(108)63(21-9-12-38-91-75(107)60-20-14-36-89-48-60)95-82(114)71(46-55-28-33-62(104)34-29-55)101(6)84(116)69(50-103)100-80(112)68(45-57-17-13-35-88-47-57)99-79(111)67(43-54-26-31-61(86)32-27-54)98-78(110)66(44-56-25-30-58-18-7-8-19-59(58)42-56)94-73(105)49-92-83(115)72-24-16-40-118-72/h7-8,13-14,17-20,25-36,42,47-48,51-53,63-72,90,103-104H,9-12,15-16,21-24,37-41,43-46,49-50H2,1-6H3,(H2,87,106)(H,91,107)(H,92,115)(H,93,113)(H,94,105)(H,95,114)(H,96,109)(H,97,108)(H,98,110)(H,99,111)(H,100,112)/t53-,63-,64+,65+,66-,67-,68-,69+,70+,71+,72+/m1/s1. The third-order valence-electron chi connectivity index (χ3n) is 20.4. The summed E-state index contributed by atoms with van der Waals surface area (Å²) in [5, 5.41) is 54.5. The number of pyridine rings is 2. The van der Waals surface area contributed by atoms with E-state index in [1.807, 2.05) is 64.1 Å². The van der Waals surface area contributed by atoms with Gasteiger partial charge in [-0.15, -0.1) is 0 Å². The van der Waals surface area contributed by atoms with Crippen molar-refractivity contribution >= 4 is 99.2 Å². The monoisotopic (exact) mass is 1650 g/mol. The van der Waals surface area contributed by atoms with Crippen molar-refractivity contribution in [2.45, 2.75) is 203 Å². The Morgan fingerprint density at radius 2 is 1.13 bits per heavy atom. The predicted octanol–water partition coefficient (Wildman–Crippen LogP) is 2.56. The summed E-state index contributed by atoms with van der Waals surface area (Å²) < 4.78 is 5.49. The fraction of sp³-hybridized carbons (Fsp3) is 0.471. The molecular weight excluding hydrogens is 1540 g/mol. The van der Waals surface area contributed by atoms with Crippen molar-refractivity contribution in [2.75, 3.05) is 46.4 Å². The van der Waals surface area contributed by atoms with Crippen LogP contribution in [-0.4, -0.2) is 226 Å². The third-order valence-corrected chi connectivity index (χ3v) is 20.7. The molecule has 11 atom stereocenters. The Morgan fingerprint density at radius 3 is 1.75 bits per heavy atom. The Bertz CT molecular complexity index is 4390. The number of aromatic nitrogens is 2. The number of amides is 13. The number of phenols is 1. The van der Waals surface area contributed by atoms with Gasteiger partial charge in [-0.25, -0.2) is 0 Å². The molecule has 33 heteroatoms. The van der Waals surface area contributed by atoms with E-state index in [-0.39, 0.29) is 95.0 Å². The van der Waals surface area contributed by atoms with E-state index in [0.29, 0.717) is 78.1 Å². The van der Waals surface area contributed by atoms with Gasteiger partial charge < -0.3 is 89.0 Å². The lowest BCUT2D eigenvalue weighted by atomic mass is 9.99. The SMILES string of the molecule is CC(C)C[C@H](NC(=O)[C@@H](CCCCNC(=O)c1cccnc1)NC(=O)[C@H](Cc1ccc(O)cc1)N(C)C(=O)[C@H](CO)NC(=O)[C@@H](Cc1cccnc1)NC(=O)[C@@H](Cc1ccc(Cl)cc1)NC(=O)[C@@H](Cc1ccc2ccccc2c1)NC(=O)CNC(=O)[C@@H]1CCCO1)C(=O)N[C@@H](CCCCNC(C)C)C(=O)N1CCC[C@H]1C(=O)N[C@H](C)C(N)=O. The molecule has 13 amide bonds. The summed E-state index contributed by atoms with van der Waals surface area (Å²) in [6, 6.07) is 17.8. The highest BCUT2D eigenvalue weighted by Crippen LogP contribution is 2.24. The number of carbonyl (C=O) groups excluding carboxylic acids is 13. The number of likely N-dealkylation sites (tertiary alicyclic amines) is 1. The average molecular weight is 1650 g/mol. The number of halogens is 1. The zero-order valence-corrected chi connectivity index (χ0v) is 68.2. The van der Waals surface area contributed by atoms with Crippen molar-refractivity contribution in [3.63, 3.8) is 0 Å². The molecule has 2 saturated heterocycles. The number of benzene rings is 4. The number of carbonyl (C=O) groups is 13. The van der Waals surface area contributed by atoms with Gasteiger partial charge in [0.15, 0.2) is 0 Å². The molecule has 2 aliphatic heterocycles. The molecule has 0 bridgehead atoms. The topological polar surface area (TPSA) is 462 Å². The van der Waals surface area contributed by atoms with Gasteiger partial charge in [0.2, 0.25) is 70.9 Å².